The number of benzene rings is 1. The van der Waals surface area contributed by atoms with E-state index in [-0.39, 0.29) is 6.04 Å². The minimum Gasteiger partial charge on any atom is -0.346 e. The molecule has 0 aromatic heterocycles. The van der Waals surface area contributed by atoms with E-state index in [4.69, 9.17) is 0 Å². The first-order valence-electron chi connectivity index (χ1n) is 7.52. The van der Waals surface area contributed by atoms with Crippen LogP contribution < -0.4 is 5.32 Å². The fourth-order valence-electron chi connectivity index (χ4n) is 2.80. The molecule has 1 atom stereocenters. The lowest BCUT2D eigenvalue weighted by molar-refractivity contribution is 0.306. The quantitative estimate of drug-likeness (QED) is 0.911. The lowest BCUT2D eigenvalue weighted by Crippen LogP contribution is -2.37. The van der Waals surface area contributed by atoms with Crippen LogP contribution in [0.15, 0.2) is 40.3 Å². The summed E-state index contributed by atoms with van der Waals surface area (Å²) >= 11 is 0. The summed E-state index contributed by atoms with van der Waals surface area (Å²) in [5.74, 6) is 0.782. The number of hydrogen-bond donors (Lipinski definition) is 1. The van der Waals surface area contributed by atoms with E-state index >= 15 is 0 Å². The number of aliphatic imine (C=N–C) groups is 2. The lowest BCUT2D eigenvalue weighted by atomic mass is 10.1. The molecule has 2 heterocycles. The fraction of sp³-hybridized carbons (Fsp3) is 0.500. The van der Waals surface area contributed by atoms with Gasteiger partial charge in [-0.3, -0.25) is 4.99 Å². The zero-order valence-corrected chi connectivity index (χ0v) is 11.8. The van der Waals surface area contributed by atoms with E-state index in [1.54, 1.807) is 0 Å². The minimum absolute atomic E-state index is 0.267. The Morgan fingerprint density at radius 3 is 2.65 bits per heavy atom. The second-order valence-electron chi connectivity index (χ2n) is 5.42. The van der Waals surface area contributed by atoms with Crippen LogP contribution in [-0.2, 0) is 0 Å². The molecule has 0 aliphatic carbocycles. The maximum absolute atomic E-state index is 4.46. The topological polar surface area (TPSA) is 40.0 Å². The van der Waals surface area contributed by atoms with Crippen molar-refractivity contribution in [3.05, 3.63) is 35.9 Å². The van der Waals surface area contributed by atoms with E-state index in [0.29, 0.717) is 0 Å². The van der Waals surface area contributed by atoms with Crippen molar-refractivity contribution < 1.29 is 0 Å². The van der Waals surface area contributed by atoms with Crippen LogP contribution >= 0.6 is 0 Å². The van der Waals surface area contributed by atoms with Crippen LogP contribution in [-0.4, -0.2) is 43.3 Å². The molecule has 1 aromatic carbocycles. The second kappa shape index (κ2) is 6.66. The Bertz CT molecular complexity index is 475. The second-order valence-corrected chi connectivity index (χ2v) is 5.42. The van der Waals surface area contributed by atoms with Crippen LogP contribution in [0.1, 0.15) is 30.9 Å². The Morgan fingerprint density at radius 2 is 1.95 bits per heavy atom. The van der Waals surface area contributed by atoms with Gasteiger partial charge in [0.15, 0.2) is 0 Å². The molecule has 0 amide bonds. The Hall–Kier alpha value is -1.68. The summed E-state index contributed by atoms with van der Waals surface area (Å²) in [6.07, 6.45) is 5.54. The van der Waals surface area contributed by atoms with Gasteiger partial charge in [-0.05, 0) is 31.5 Å². The smallest absolute Gasteiger partial charge is 0.218 e. The van der Waals surface area contributed by atoms with Gasteiger partial charge in [0.05, 0.1) is 6.04 Å². The molecule has 2 aliphatic heterocycles. The van der Waals surface area contributed by atoms with Crippen molar-refractivity contribution in [2.45, 2.75) is 25.3 Å². The third-order valence-electron chi connectivity index (χ3n) is 3.88. The number of nitrogens with zero attached hydrogens (tertiary/aromatic N) is 3. The van der Waals surface area contributed by atoms with E-state index in [2.05, 4.69) is 50.5 Å². The van der Waals surface area contributed by atoms with Crippen LogP contribution in [0.3, 0.4) is 0 Å². The molecule has 4 heteroatoms. The maximum atomic E-state index is 4.46. The molecular formula is C16H22N4. The standard InChI is InChI=1S/C16H22N4/c1-2-7-14(8-3-1)15(13-20-11-4-5-12-20)19-16-17-9-6-10-18-16/h1-3,7-9,15H,4-6,10-13H2,(H,18,19). The highest BCUT2D eigenvalue weighted by Crippen LogP contribution is 2.18. The molecule has 20 heavy (non-hydrogen) atoms. The van der Waals surface area contributed by atoms with Crippen molar-refractivity contribution in [1.82, 2.24) is 10.2 Å². The van der Waals surface area contributed by atoms with Crippen LogP contribution in [0.25, 0.3) is 0 Å². The Balaban J connectivity index is 1.72. The molecule has 3 rings (SSSR count). The number of nitrogens with one attached hydrogen (secondary N) is 1. The van der Waals surface area contributed by atoms with Crippen LogP contribution in [0.4, 0.5) is 0 Å². The SMILES string of the molecule is C1=NC(NC(CN2CCCC2)c2ccccc2)=NCC1. The van der Waals surface area contributed by atoms with Gasteiger partial charge in [0.25, 0.3) is 0 Å². The molecule has 4 nitrogen and oxygen atoms in total. The Kier molecular flexibility index (Phi) is 4.43. The summed E-state index contributed by atoms with van der Waals surface area (Å²) in [4.78, 5) is 11.3. The van der Waals surface area contributed by atoms with E-state index in [9.17, 15) is 0 Å². The largest absolute Gasteiger partial charge is 0.346 e. The number of rotatable bonds is 4. The van der Waals surface area contributed by atoms with Gasteiger partial charge < -0.3 is 10.2 Å². The van der Waals surface area contributed by atoms with Crippen LogP contribution in [0.5, 0.6) is 0 Å². The van der Waals surface area contributed by atoms with Gasteiger partial charge >= 0.3 is 0 Å². The van der Waals surface area contributed by atoms with Gasteiger partial charge in [-0.1, -0.05) is 30.3 Å². The van der Waals surface area contributed by atoms with Gasteiger partial charge in [-0.2, -0.15) is 0 Å². The van der Waals surface area contributed by atoms with Gasteiger partial charge in [0.2, 0.25) is 5.96 Å². The van der Waals surface area contributed by atoms with Gasteiger partial charge in [-0.15, -0.1) is 0 Å². The van der Waals surface area contributed by atoms with Crippen molar-refractivity contribution >= 4 is 12.2 Å². The van der Waals surface area contributed by atoms with Crippen molar-refractivity contribution in [1.29, 1.82) is 0 Å². The van der Waals surface area contributed by atoms with Crippen LogP contribution in [0, 0.1) is 0 Å². The molecule has 1 unspecified atom stereocenters. The molecule has 1 saturated heterocycles. The summed E-state index contributed by atoms with van der Waals surface area (Å²) in [6.45, 7) is 4.29. The van der Waals surface area contributed by atoms with Gasteiger partial charge in [0, 0.05) is 25.7 Å². The fourth-order valence-corrected chi connectivity index (χ4v) is 2.80. The average Bonchev–Trinajstić information content (AvgIpc) is 3.02. The molecule has 0 spiro atoms. The monoisotopic (exact) mass is 270 g/mol. The van der Waals surface area contributed by atoms with Crippen molar-refractivity contribution in [3.8, 4) is 0 Å². The highest BCUT2D eigenvalue weighted by Gasteiger charge is 2.20. The molecule has 0 saturated carbocycles. The first-order valence-corrected chi connectivity index (χ1v) is 7.52. The molecule has 1 aromatic rings. The number of hydrogen-bond acceptors (Lipinski definition) is 4. The molecule has 1 fully saturated rings. The number of guanidine groups is 1. The average molecular weight is 270 g/mol. The predicted octanol–water partition coefficient (Wildman–Crippen LogP) is 2.24. The Labute approximate surface area is 120 Å². The summed E-state index contributed by atoms with van der Waals surface area (Å²) in [5, 5.41) is 3.51. The van der Waals surface area contributed by atoms with E-state index in [1.165, 1.54) is 31.5 Å². The zero-order valence-electron chi connectivity index (χ0n) is 11.8. The highest BCUT2D eigenvalue weighted by atomic mass is 15.2. The summed E-state index contributed by atoms with van der Waals surface area (Å²) in [6, 6.07) is 10.9. The summed E-state index contributed by atoms with van der Waals surface area (Å²) in [5.41, 5.74) is 1.31. The maximum Gasteiger partial charge on any atom is 0.218 e. The van der Waals surface area contributed by atoms with E-state index in [1.807, 2.05) is 6.21 Å². The zero-order chi connectivity index (χ0) is 13.6. The predicted molar refractivity (Wildman–Crippen MR) is 83.4 cm³/mol. The molecular weight excluding hydrogens is 248 g/mol. The first kappa shape index (κ1) is 13.3. The van der Waals surface area contributed by atoms with Gasteiger partial charge in [-0.25, -0.2) is 4.99 Å². The normalized spacial score (nSPS) is 20.7. The summed E-state index contributed by atoms with van der Waals surface area (Å²) < 4.78 is 0. The molecule has 0 bridgehead atoms. The molecule has 106 valence electrons. The van der Waals surface area contributed by atoms with E-state index < -0.39 is 0 Å². The first-order chi connectivity index (χ1) is 9.92. The number of likely N-dealkylation sites (tertiary alicyclic amines) is 1. The van der Waals surface area contributed by atoms with Crippen LogP contribution in [0.2, 0.25) is 0 Å². The molecule has 1 N–H and O–H groups in total. The van der Waals surface area contributed by atoms with Crippen molar-refractivity contribution in [2.24, 2.45) is 9.98 Å². The lowest BCUT2D eigenvalue weighted by Gasteiger charge is -2.25. The highest BCUT2D eigenvalue weighted by molar-refractivity contribution is 5.89. The third kappa shape index (κ3) is 3.45. The van der Waals surface area contributed by atoms with Crippen molar-refractivity contribution in [3.63, 3.8) is 0 Å². The van der Waals surface area contributed by atoms with E-state index in [0.717, 1.165) is 25.5 Å². The third-order valence-corrected chi connectivity index (χ3v) is 3.88. The minimum atomic E-state index is 0.267. The molecule has 0 radical (unpaired) electrons. The van der Waals surface area contributed by atoms with Crippen molar-refractivity contribution in [2.75, 3.05) is 26.2 Å². The Morgan fingerprint density at radius 1 is 1.15 bits per heavy atom. The molecule has 2 aliphatic rings. The van der Waals surface area contributed by atoms with Gasteiger partial charge in [0.1, 0.15) is 0 Å². The summed E-state index contributed by atoms with van der Waals surface area (Å²) in [7, 11) is 0.